The number of hydrogen-bond donors (Lipinski definition) is 0. The Morgan fingerprint density at radius 2 is 1.43 bits per heavy atom. The third-order valence-corrected chi connectivity index (χ3v) is 3.58. The largest absolute Gasteiger partial charge is 0.435 e. The van der Waals surface area contributed by atoms with Crippen LogP contribution in [0.3, 0.4) is 0 Å². The molecule has 120 valence electrons. The zero-order valence-corrected chi connectivity index (χ0v) is 13.0. The maximum absolute atomic E-state index is 14.0. The van der Waals surface area contributed by atoms with Gasteiger partial charge in [-0.05, 0) is 53.1 Å². The van der Waals surface area contributed by atoms with Gasteiger partial charge in [0.05, 0.1) is 0 Å². The van der Waals surface area contributed by atoms with E-state index in [1.165, 1.54) is 6.07 Å². The Bertz CT molecular complexity index is 476. The molecule has 0 aliphatic rings. The fourth-order valence-corrected chi connectivity index (χ4v) is 2.60. The van der Waals surface area contributed by atoms with Crippen LogP contribution in [0.4, 0.5) is 30.7 Å². The zero-order chi connectivity index (χ0) is 16.5. The summed E-state index contributed by atoms with van der Waals surface area (Å²) in [7, 11) is 0. The van der Waals surface area contributed by atoms with E-state index in [1.54, 1.807) is 22.6 Å². The molecule has 1 aromatic rings. The van der Waals surface area contributed by atoms with Gasteiger partial charge in [0.2, 0.25) is 0 Å². The van der Waals surface area contributed by atoms with Crippen molar-refractivity contribution in [1.82, 2.24) is 0 Å². The highest BCUT2D eigenvalue weighted by atomic mass is 127. The van der Waals surface area contributed by atoms with Crippen molar-refractivity contribution in [3.63, 3.8) is 0 Å². The van der Waals surface area contributed by atoms with Gasteiger partial charge in [0.25, 0.3) is 0 Å². The Labute approximate surface area is 130 Å². The van der Waals surface area contributed by atoms with Gasteiger partial charge in [-0.2, -0.15) is 26.3 Å². The molecule has 0 fully saturated rings. The van der Waals surface area contributed by atoms with Gasteiger partial charge < -0.3 is 0 Å². The van der Waals surface area contributed by atoms with E-state index < -0.39 is 23.6 Å². The summed E-state index contributed by atoms with van der Waals surface area (Å²) >= 11 is 1.58. The average Bonchev–Trinajstić information content (AvgIpc) is 2.31. The summed E-state index contributed by atoms with van der Waals surface area (Å²) in [6.45, 7) is 1.83. The molecule has 0 atom stereocenters. The first-order valence-corrected chi connectivity index (χ1v) is 7.13. The van der Waals surface area contributed by atoms with Gasteiger partial charge >= 0.3 is 18.0 Å². The number of hydrogen-bond acceptors (Lipinski definition) is 0. The first-order chi connectivity index (χ1) is 9.43. The van der Waals surface area contributed by atoms with Gasteiger partial charge in [-0.25, -0.2) is 4.39 Å². The van der Waals surface area contributed by atoms with Crippen molar-refractivity contribution >= 4 is 22.6 Å². The molecule has 0 N–H and O–H groups in total. The summed E-state index contributed by atoms with van der Waals surface area (Å²) in [4.78, 5) is 0. The molecule has 0 unspecified atom stereocenters. The predicted octanol–water partition coefficient (Wildman–Crippen LogP) is 5.92. The van der Waals surface area contributed by atoms with Crippen LogP contribution in [0.25, 0.3) is 0 Å². The quantitative estimate of drug-likeness (QED) is 0.413. The minimum absolute atomic E-state index is 0.131. The lowest BCUT2D eigenvalue weighted by Crippen LogP contribution is -2.50. The van der Waals surface area contributed by atoms with Gasteiger partial charge in [0.15, 0.2) is 0 Å². The van der Waals surface area contributed by atoms with Crippen molar-refractivity contribution < 1.29 is 30.7 Å². The van der Waals surface area contributed by atoms with Crippen molar-refractivity contribution in [3.8, 4) is 0 Å². The van der Waals surface area contributed by atoms with Crippen LogP contribution in [0, 0.1) is 3.57 Å². The molecule has 8 heteroatoms. The van der Waals surface area contributed by atoms with Gasteiger partial charge in [-0.1, -0.05) is 19.4 Å². The molecule has 0 radical (unpaired) electrons. The molecule has 1 rings (SSSR count). The Hall–Kier alpha value is -0.540. The number of aryl methyl sites for hydroxylation is 1. The van der Waals surface area contributed by atoms with Crippen molar-refractivity contribution in [3.05, 3.63) is 32.9 Å². The average molecular weight is 428 g/mol. The van der Waals surface area contributed by atoms with Crippen LogP contribution in [-0.2, 0) is 12.1 Å². The third-order valence-electron chi connectivity index (χ3n) is 2.96. The number of rotatable bonds is 4. The first kappa shape index (κ1) is 18.5. The normalized spacial score (nSPS) is 13.6. The van der Waals surface area contributed by atoms with Crippen LogP contribution >= 0.6 is 22.6 Å². The van der Waals surface area contributed by atoms with E-state index in [-0.39, 0.29) is 9.13 Å². The lowest BCUT2D eigenvalue weighted by atomic mass is 9.92. The summed E-state index contributed by atoms with van der Waals surface area (Å²) < 4.78 is 90.3. The summed E-state index contributed by atoms with van der Waals surface area (Å²) in [5, 5.41) is 0. The van der Waals surface area contributed by atoms with Crippen LogP contribution in [0.1, 0.15) is 30.9 Å². The van der Waals surface area contributed by atoms with E-state index in [0.717, 1.165) is 6.42 Å². The summed E-state index contributed by atoms with van der Waals surface area (Å²) in [5.74, 6) is 0. The molecule has 0 saturated carbocycles. The monoisotopic (exact) mass is 428 g/mol. The van der Waals surface area contributed by atoms with E-state index in [9.17, 15) is 30.7 Å². The molecule has 0 bridgehead atoms. The van der Waals surface area contributed by atoms with E-state index in [1.807, 2.05) is 6.92 Å². The number of unbranched alkanes of at least 4 members (excludes halogenated alkanes) is 1. The highest BCUT2D eigenvalue weighted by molar-refractivity contribution is 14.1. The summed E-state index contributed by atoms with van der Waals surface area (Å²) in [5.41, 5.74) is -6.52. The molecule has 1 aromatic carbocycles. The van der Waals surface area contributed by atoms with Gasteiger partial charge in [-0.3, -0.25) is 0 Å². The standard InChI is InChI=1S/C13H12F7I/c1-2-3-4-8-5-9(7-10(21)6-8)11(14,12(15,16)17)13(18,19)20/h5-7H,2-4H2,1H3. The molecule has 0 aliphatic carbocycles. The second-order valence-electron chi connectivity index (χ2n) is 4.61. The van der Waals surface area contributed by atoms with E-state index >= 15 is 0 Å². The van der Waals surface area contributed by atoms with Crippen LogP contribution < -0.4 is 0 Å². The van der Waals surface area contributed by atoms with Crippen LogP contribution in [0.5, 0.6) is 0 Å². The fraction of sp³-hybridized carbons (Fsp3) is 0.538. The van der Waals surface area contributed by atoms with Crippen molar-refractivity contribution in [1.29, 1.82) is 0 Å². The highest BCUT2D eigenvalue weighted by Gasteiger charge is 2.73. The molecule has 0 amide bonds. The minimum Gasteiger partial charge on any atom is -0.218 e. The molecule has 0 heterocycles. The van der Waals surface area contributed by atoms with E-state index in [2.05, 4.69) is 0 Å². The fourth-order valence-electron chi connectivity index (χ4n) is 1.86. The van der Waals surface area contributed by atoms with Crippen molar-refractivity contribution in [2.24, 2.45) is 0 Å². The number of benzene rings is 1. The first-order valence-electron chi connectivity index (χ1n) is 6.05. The Balaban J connectivity index is 3.43. The molecule has 0 nitrogen and oxygen atoms in total. The maximum Gasteiger partial charge on any atom is 0.435 e. The topological polar surface area (TPSA) is 0 Å². The van der Waals surface area contributed by atoms with Gasteiger partial charge in [0, 0.05) is 9.13 Å². The highest BCUT2D eigenvalue weighted by Crippen LogP contribution is 2.53. The van der Waals surface area contributed by atoms with Gasteiger partial charge in [-0.15, -0.1) is 0 Å². The zero-order valence-electron chi connectivity index (χ0n) is 10.9. The lowest BCUT2D eigenvalue weighted by molar-refractivity contribution is -0.348. The van der Waals surface area contributed by atoms with Crippen molar-refractivity contribution in [2.45, 2.75) is 44.2 Å². The summed E-state index contributed by atoms with van der Waals surface area (Å²) in [6.07, 6.45) is -10.5. The van der Waals surface area contributed by atoms with Crippen LogP contribution in [0.15, 0.2) is 18.2 Å². The molecular formula is C13H12F7I. The number of alkyl halides is 7. The van der Waals surface area contributed by atoms with E-state index in [4.69, 9.17) is 0 Å². The Kier molecular flexibility index (Phi) is 5.55. The minimum atomic E-state index is -6.07. The van der Waals surface area contributed by atoms with Crippen LogP contribution in [0.2, 0.25) is 0 Å². The second-order valence-corrected chi connectivity index (χ2v) is 5.85. The Morgan fingerprint density at radius 3 is 1.86 bits per heavy atom. The molecule has 0 saturated heterocycles. The van der Waals surface area contributed by atoms with Crippen LogP contribution in [-0.4, -0.2) is 12.4 Å². The Morgan fingerprint density at radius 1 is 0.905 bits per heavy atom. The second kappa shape index (κ2) is 6.29. The molecule has 0 aliphatic heterocycles. The molecule has 21 heavy (non-hydrogen) atoms. The number of halogens is 8. The van der Waals surface area contributed by atoms with Crippen molar-refractivity contribution in [2.75, 3.05) is 0 Å². The molecule has 0 spiro atoms. The molecule has 0 aromatic heterocycles. The SMILES string of the molecule is CCCCc1cc(I)cc(C(F)(C(F)(F)F)C(F)(F)F)c1. The third kappa shape index (κ3) is 3.81. The van der Waals surface area contributed by atoms with Gasteiger partial charge in [0.1, 0.15) is 0 Å². The predicted molar refractivity (Wildman–Crippen MR) is 72.7 cm³/mol. The maximum atomic E-state index is 14.0. The summed E-state index contributed by atoms with van der Waals surface area (Å²) in [6, 6.07) is 2.68. The molecular weight excluding hydrogens is 416 g/mol. The van der Waals surface area contributed by atoms with E-state index in [0.29, 0.717) is 25.0 Å². The lowest BCUT2D eigenvalue weighted by Gasteiger charge is -2.30. The smallest absolute Gasteiger partial charge is 0.218 e.